The van der Waals surface area contributed by atoms with E-state index < -0.39 is 12.6 Å². The Morgan fingerprint density at radius 3 is 2.65 bits per heavy atom. The standard InChI is InChI=1S/C13H15F3N2O.ClH/c14-13(15,16)7-9-3-1-2-4-11(9)18-12(19)10-5-6-17-8-10;/h1-4,10,17H,5-8H2,(H,18,19);1H. The monoisotopic (exact) mass is 308 g/mol. The summed E-state index contributed by atoms with van der Waals surface area (Å²) in [6, 6.07) is 6.04. The molecule has 1 fully saturated rings. The molecule has 112 valence electrons. The highest BCUT2D eigenvalue weighted by Crippen LogP contribution is 2.26. The van der Waals surface area contributed by atoms with Crippen LogP contribution in [0.5, 0.6) is 0 Å². The van der Waals surface area contributed by atoms with Gasteiger partial charge in [0, 0.05) is 12.2 Å². The largest absolute Gasteiger partial charge is 0.393 e. The molecule has 0 saturated carbocycles. The number of hydrogen-bond acceptors (Lipinski definition) is 2. The molecule has 1 atom stereocenters. The van der Waals surface area contributed by atoms with Gasteiger partial charge >= 0.3 is 6.18 Å². The van der Waals surface area contributed by atoms with Gasteiger partial charge in [0.1, 0.15) is 0 Å². The number of nitrogens with one attached hydrogen (secondary N) is 2. The van der Waals surface area contributed by atoms with Crippen molar-refractivity contribution in [1.82, 2.24) is 5.32 Å². The molecule has 1 aromatic carbocycles. The topological polar surface area (TPSA) is 41.1 Å². The van der Waals surface area contributed by atoms with E-state index in [0.29, 0.717) is 13.0 Å². The lowest BCUT2D eigenvalue weighted by Crippen LogP contribution is -2.25. The van der Waals surface area contributed by atoms with Crippen LogP contribution in [0.3, 0.4) is 0 Å². The van der Waals surface area contributed by atoms with E-state index in [0.717, 1.165) is 6.54 Å². The first-order chi connectivity index (χ1) is 8.96. The van der Waals surface area contributed by atoms with Gasteiger partial charge in [-0.25, -0.2) is 0 Å². The highest BCUT2D eigenvalue weighted by atomic mass is 35.5. The first kappa shape index (κ1) is 16.8. The molecular weight excluding hydrogens is 293 g/mol. The van der Waals surface area contributed by atoms with Gasteiger partial charge in [-0.1, -0.05) is 18.2 Å². The van der Waals surface area contributed by atoms with Crippen molar-refractivity contribution in [2.75, 3.05) is 18.4 Å². The van der Waals surface area contributed by atoms with E-state index >= 15 is 0 Å². The van der Waals surface area contributed by atoms with Gasteiger partial charge in [-0.3, -0.25) is 4.79 Å². The second kappa shape index (κ2) is 6.95. The van der Waals surface area contributed by atoms with E-state index in [4.69, 9.17) is 0 Å². The van der Waals surface area contributed by atoms with Gasteiger partial charge in [-0.15, -0.1) is 12.4 Å². The summed E-state index contributed by atoms with van der Waals surface area (Å²) in [6.45, 7) is 1.34. The van der Waals surface area contributed by atoms with Gasteiger partial charge in [0.2, 0.25) is 5.91 Å². The first-order valence-electron chi connectivity index (χ1n) is 6.12. The summed E-state index contributed by atoms with van der Waals surface area (Å²) in [5.74, 6) is -0.390. The van der Waals surface area contributed by atoms with E-state index in [2.05, 4.69) is 10.6 Å². The molecule has 1 unspecified atom stereocenters. The maximum absolute atomic E-state index is 12.4. The van der Waals surface area contributed by atoms with Crippen molar-refractivity contribution < 1.29 is 18.0 Å². The number of hydrogen-bond donors (Lipinski definition) is 2. The lowest BCUT2D eigenvalue weighted by molar-refractivity contribution is -0.127. The van der Waals surface area contributed by atoms with Crippen LogP contribution in [0.2, 0.25) is 0 Å². The van der Waals surface area contributed by atoms with Crippen LogP contribution in [0.15, 0.2) is 24.3 Å². The zero-order valence-corrected chi connectivity index (χ0v) is 11.5. The van der Waals surface area contributed by atoms with Gasteiger partial charge in [0.05, 0.1) is 12.3 Å². The van der Waals surface area contributed by atoms with Crippen LogP contribution in [-0.2, 0) is 11.2 Å². The van der Waals surface area contributed by atoms with Crippen molar-refractivity contribution in [3.63, 3.8) is 0 Å². The quantitative estimate of drug-likeness (QED) is 0.901. The van der Waals surface area contributed by atoms with Crippen molar-refractivity contribution in [3.05, 3.63) is 29.8 Å². The minimum atomic E-state index is -4.28. The van der Waals surface area contributed by atoms with Crippen LogP contribution in [0.4, 0.5) is 18.9 Å². The second-order valence-electron chi connectivity index (χ2n) is 4.63. The van der Waals surface area contributed by atoms with Gasteiger partial charge in [0.15, 0.2) is 0 Å². The van der Waals surface area contributed by atoms with E-state index in [1.54, 1.807) is 6.07 Å². The Bertz CT molecular complexity index is 459. The van der Waals surface area contributed by atoms with E-state index in [-0.39, 0.29) is 35.5 Å². The molecule has 1 amide bonds. The number of benzene rings is 1. The van der Waals surface area contributed by atoms with Crippen molar-refractivity contribution in [2.24, 2.45) is 5.92 Å². The number of amides is 1. The molecule has 20 heavy (non-hydrogen) atoms. The summed E-state index contributed by atoms with van der Waals surface area (Å²) in [4.78, 5) is 11.9. The molecule has 1 heterocycles. The van der Waals surface area contributed by atoms with Gasteiger partial charge in [0.25, 0.3) is 0 Å². The first-order valence-corrected chi connectivity index (χ1v) is 6.12. The fourth-order valence-electron chi connectivity index (χ4n) is 2.13. The van der Waals surface area contributed by atoms with Crippen LogP contribution in [0.1, 0.15) is 12.0 Å². The molecule has 1 saturated heterocycles. The van der Waals surface area contributed by atoms with Crippen molar-refractivity contribution in [1.29, 1.82) is 0 Å². The number of carbonyl (C=O) groups excluding carboxylic acids is 1. The number of alkyl halides is 3. The summed E-state index contributed by atoms with van der Waals surface area (Å²) in [5, 5.41) is 5.65. The molecule has 0 radical (unpaired) electrons. The summed E-state index contributed by atoms with van der Waals surface area (Å²) >= 11 is 0. The van der Waals surface area contributed by atoms with Crippen LogP contribution >= 0.6 is 12.4 Å². The molecule has 1 aliphatic heterocycles. The lowest BCUT2D eigenvalue weighted by atomic mass is 10.1. The van der Waals surface area contributed by atoms with Crippen LogP contribution in [0.25, 0.3) is 0 Å². The zero-order chi connectivity index (χ0) is 13.9. The summed E-state index contributed by atoms with van der Waals surface area (Å²) < 4.78 is 37.3. The van der Waals surface area contributed by atoms with Gasteiger partial charge < -0.3 is 10.6 Å². The SMILES string of the molecule is Cl.O=C(Nc1ccccc1CC(F)(F)F)C1CCNC1. The molecule has 0 bridgehead atoms. The summed E-state index contributed by atoms with van der Waals surface area (Å²) in [6.07, 6.45) is -4.60. The van der Waals surface area contributed by atoms with Crippen molar-refractivity contribution in [3.8, 4) is 0 Å². The third-order valence-electron chi connectivity index (χ3n) is 3.10. The predicted octanol–water partition coefficient (Wildman–Crippen LogP) is 2.76. The maximum atomic E-state index is 12.4. The fraction of sp³-hybridized carbons (Fsp3) is 0.462. The molecular formula is C13H16ClF3N2O. The third kappa shape index (κ3) is 4.68. The minimum Gasteiger partial charge on any atom is -0.326 e. The fourth-order valence-corrected chi connectivity index (χ4v) is 2.13. The molecule has 0 spiro atoms. The second-order valence-corrected chi connectivity index (χ2v) is 4.63. The number of rotatable bonds is 3. The average Bonchev–Trinajstić information content (AvgIpc) is 2.83. The Balaban J connectivity index is 0.00000200. The average molecular weight is 309 g/mol. The van der Waals surface area contributed by atoms with Crippen molar-refractivity contribution in [2.45, 2.75) is 19.0 Å². The Kier molecular flexibility index (Phi) is 5.83. The van der Waals surface area contributed by atoms with Crippen LogP contribution in [0, 0.1) is 5.92 Å². The van der Waals surface area contributed by atoms with E-state index in [1.807, 2.05) is 0 Å². The zero-order valence-electron chi connectivity index (χ0n) is 10.7. The Morgan fingerprint density at radius 2 is 2.05 bits per heavy atom. The van der Waals surface area contributed by atoms with E-state index in [1.165, 1.54) is 18.2 Å². The molecule has 7 heteroatoms. The minimum absolute atomic E-state index is 0. The number of carbonyl (C=O) groups is 1. The molecule has 1 aromatic rings. The highest BCUT2D eigenvalue weighted by molar-refractivity contribution is 5.93. The molecule has 2 rings (SSSR count). The highest BCUT2D eigenvalue weighted by Gasteiger charge is 2.29. The maximum Gasteiger partial charge on any atom is 0.393 e. The number of halogens is 4. The van der Waals surface area contributed by atoms with E-state index in [9.17, 15) is 18.0 Å². The van der Waals surface area contributed by atoms with Gasteiger partial charge in [-0.05, 0) is 24.6 Å². The molecule has 3 nitrogen and oxygen atoms in total. The summed E-state index contributed by atoms with van der Waals surface area (Å²) in [7, 11) is 0. The van der Waals surface area contributed by atoms with Crippen LogP contribution < -0.4 is 10.6 Å². The van der Waals surface area contributed by atoms with Gasteiger partial charge in [-0.2, -0.15) is 13.2 Å². The summed E-state index contributed by atoms with van der Waals surface area (Å²) in [5.41, 5.74) is 0.339. The Hall–Kier alpha value is -1.27. The number of para-hydroxylation sites is 1. The smallest absolute Gasteiger partial charge is 0.326 e. The number of anilines is 1. The molecule has 0 aromatic heterocycles. The normalized spacial score (nSPS) is 18.4. The molecule has 1 aliphatic rings. The Labute approximate surface area is 121 Å². The van der Waals surface area contributed by atoms with Crippen molar-refractivity contribution >= 4 is 24.0 Å². The van der Waals surface area contributed by atoms with Crippen LogP contribution in [-0.4, -0.2) is 25.2 Å². The molecule has 0 aliphatic carbocycles. The Morgan fingerprint density at radius 1 is 1.35 bits per heavy atom. The molecule has 2 N–H and O–H groups in total. The lowest BCUT2D eigenvalue weighted by Gasteiger charge is -2.14. The predicted molar refractivity (Wildman–Crippen MR) is 73.1 cm³/mol. The third-order valence-corrected chi connectivity index (χ3v) is 3.10.